The molecule has 0 aliphatic carbocycles. The van der Waals surface area contributed by atoms with Crippen LogP contribution in [0.25, 0.3) is 0 Å². The molecule has 7 N–H and O–H groups in total. The molecule has 0 bridgehead atoms. The van der Waals surface area contributed by atoms with E-state index in [1.54, 1.807) is 0 Å². The summed E-state index contributed by atoms with van der Waals surface area (Å²) in [5.74, 6) is 0. The smallest absolute Gasteiger partial charge is 0.390 e. The van der Waals surface area contributed by atoms with E-state index in [-0.39, 0.29) is 12.7 Å². The molecule has 0 aliphatic rings. The van der Waals surface area contributed by atoms with Crippen molar-refractivity contribution < 1.29 is 29.0 Å². The van der Waals surface area contributed by atoms with Crippen LogP contribution < -0.4 is 11.1 Å². The minimum Gasteiger partial charge on any atom is -0.390 e. The Morgan fingerprint density at radius 3 is 2.21 bits per heavy atom. The number of aliphatic hydroxyl groups is 1. The van der Waals surface area contributed by atoms with E-state index in [0.29, 0.717) is 19.6 Å². The minimum absolute atomic E-state index is 0.0436. The number of nitrogens with two attached hydrogens (primary N) is 1. The molecular weight excluding hydrogens is 332 g/mol. The van der Waals surface area contributed by atoms with E-state index in [4.69, 9.17) is 29.6 Å². The van der Waals surface area contributed by atoms with Crippen LogP contribution in [-0.2, 0) is 9.47 Å². The van der Waals surface area contributed by atoms with Crippen LogP contribution in [0.1, 0.15) is 38.5 Å². The highest BCUT2D eigenvalue weighted by Gasteiger charge is 2.25. The van der Waals surface area contributed by atoms with Crippen molar-refractivity contribution in [3.8, 4) is 0 Å². The van der Waals surface area contributed by atoms with Crippen molar-refractivity contribution in [2.24, 2.45) is 5.73 Å². The van der Waals surface area contributed by atoms with Crippen molar-refractivity contribution in [3.05, 3.63) is 0 Å². The van der Waals surface area contributed by atoms with Crippen LogP contribution in [0.5, 0.6) is 0 Å². The molecule has 0 saturated heterocycles. The average molecular weight is 369 g/mol. The fourth-order valence-electron chi connectivity index (χ4n) is 2.04. The lowest BCUT2D eigenvalue weighted by molar-refractivity contribution is 0.0363. The molecule has 0 aromatic rings. The van der Waals surface area contributed by atoms with Crippen LogP contribution >= 0.6 is 0 Å². The molecule has 8 nitrogen and oxygen atoms in total. The molecule has 24 heavy (non-hydrogen) atoms. The van der Waals surface area contributed by atoms with Gasteiger partial charge in [-0.1, -0.05) is 0 Å². The standard InChI is InChI=1S/C15H36N2O6Si/c16-7-2-5-10-22-9-4-1-3-8-17-13-15(18)14-23-11-6-12-24(19,20)21/h15,17-21H,1-14,16H2. The molecule has 0 saturated carbocycles. The molecule has 0 aromatic carbocycles. The zero-order valence-electron chi connectivity index (χ0n) is 14.7. The van der Waals surface area contributed by atoms with Gasteiger partial charge in [0.2, 0.25) is 0 Å². The summed E-state index contributed by atoms with van der Waals surface area (Å²) in [6.07, 6.45) is 4.99. The third kappa shape index (κ3) is 19.9. The van der Waals surface area contributed by atoms with Crippen molar-refractivity contribution >= 4 is 8.80 Å². The van der Waals surface area contributed by atoms with Gasteiger partial charge in [-0.3, -0.25) is 0 Å². The van der Waals surface area contributed by atoms with Crippen molar-refractivity contribution in [1.29, 1.82) is 0 Å². The molecule has 0 aliphatic heterocycles. The van der Waals surface area contributed by atoms with E-state index in [1.807, 2.05) is 0 Å². The zero-order chi connectivity index (χ0) is 18.1. The van der Waals surface area contributed by atoms with E-state index in [1.165, 1.54) is 0 Å². The number of unbranched alkanes of at least 4 members (excludes halogenated alkanes) is 3. The Morgan fingerprint density at radius 2 is 1.54 bits per heavy atom. The fraction of sp³-hybridized carbons (Fsp3) is 1.00. The van der Waals surface area contributed by atoms with E-state index in [2.05, 4.69) is 5.32 Å². The van der Waals surface area contributed by atoms with Gasteiger partial charge in [0.15, 0.2) is 0 Å². The molecule has 0 amide bonds. The van der Waals surface area contributed by atoms with E-state index >= 15 is 0 Å². The average Bonchev–Trinajstić information content (AvgIpc) is 2.51. The van der Waals surface area contributed by atoms with E-state index in [0.717, 1.165) is 58.4 Å². The molecule has 9 heteroatoms. The lowest BCUT2D eigenvalue weighted by Crippen LogP contribution is -2.34. The largest absolute Gasteiger partial charge is 0.492 e. The first-order chi connectivity index (χ1) is 11.5. The highest BCUT2D eigenvalue weighted by molar-refractivity contribution is 6.56. The van der Waals surface area contributed by atoms with E-state index < -0.39 is 14.9 Å². The first-order valence-corrected chi connectivity index (χ1v) is 10.9. The summed E-state index contributed by atoms with van der Waals surface area (Å²) >= 11 is 0. The van der Waals surface area contributed by atoms with Gasteiger partial charge in [0.25, 0.3) is 0 Å². The molecule has 1 unspecified atom stereocenters. The highest BCUT2D eigenvalue weighted by atomic mass is 28.4. The number of aliphatic hydroxyl groups excluding tert-OH is 1. The summed E-state index contributed by atoms with van der Waals surface area (Å²) in [6.45, 7) is 4.11. The number of hydrogen-bond acceptors (Lipinski definition) is 8. The van der Waals surface area contributed by atoms with Gasteiger partial charge < -0.3 is 40.0 Å². The summed E-state index contributed by atoms with van der Waals surface area (Å²) in [4.78, 5) is 26.5. The Kier molecular flexibility index (Phi) is 16.3. The second kappa shape index (κ2) is 16.4. The molecule has 146 valence electrons. The second-order valence-corrected chi connectivity index (χ2v) is 8.03. The van der Waals surface area contributed by atoms with Crippen molar-refractivity contribution in [3.63, 3.8) is 0 Å². The van der Waals surface area contributed by atoms with Gasteiger partial charge in [0.05, 0.1) is 12.7 Å². The lowest BCUT2D eigenvalue weighted by atomic mass is 10.2. The summed E-state index contributed by atoms with van der Waals surface area (Å²) in [6, 6.07) is -0.0436. The third-order valence-electron chi connectivity index (χ3n) is 3.38. The number of hydrogen-bond donors (Lipinski definition) is 6. The van der Waals surface area contributed by atoms with Crippen LogP contribution in [0.15, 0.2) is 0 Å². The summed E-state index contributed by atoms with van der Waals surface area (Å²) in [5.41, 5.74) is 5.40. The van der Waals surface area contributed by atoms with Crippen LogP contribution in [0, 0.1) is 0 Å². The maximum atomic E-state index is 9.70. The summed E-state index contributed by atoms with van der Waals surface area (Å²) in [5, 5.41) is 12.9. The normalized spacial score (nSPS) is 13.4. The molecule has 0 aromatic heterocycles. The first-order valence-electron chi connectivity index (χ1n) is 8.87. The Morgan fingerprint density at radius 1 is 0.875 bits per heavy atom. The van der Waals surface area contributed by atoms with Crippen molar-refractivity contribution in [1.82, 2.24) is 5.32 Å². The number of ether oxygens (including phenoxy) is 2. The second-order valence-electron chi connectivity index (χ2n) is 5.98. The van der Waals surface area contributed by atoms with Crippen LogP contribution in [-0.4, -0.2) is 80.5 Å². The van der Waals surface area contributed by atoms with Crippen LogP contribution in [0.3, 0.4) is 0 Å². The monoisotopic (exact) mass is 368 g/mol. The van der Waals surface area contributed by atoms with Gasteiger partial charge in [-0.25, -0.2) is 0 Å². The fourth-order valence-corrected chi connectivity index (χ4v) is 2.66. The Bertz CT molecular complexity index is 269. The van der Waals surface area contributed by atoms with Crippen molar-refractivity contribution in [2.75, 3.05) is 46.1 Å². The zero-order valence-corrected chi connectivity index (χ0v) is 15.7. The van der Waals surface area contributed by atoms with E-state index in [9.17, 15) is 5.11 Å². The Hall–Kier alpha value is -0.103. The van der Waals surface area contributed by atoms with Gasteiger partial charge in [-0.15, -0.1) is 0 Å². The van der Waals surface area contributed by atoms with Gasteiger partial charge in [0, 0.05) is 32.4 Å². The Balaban J connectivity index is 3.19. The van der Waals surface area contributed by atoms with Crippen LogP contribution in [0.2, 0.25) is 6.04 Å². The first kappa shape index (κ1) is 23.9. The van der Waals surface area contributed by atoms with Crippen molar-refractivity contribution in [2.45, 2.75) is 50.7 Å². The van der Waals surface area contributed by atoms with Gasteiger partial charge >= 0.3 is 8.80 Å². The predicted octanol–water partition coefficient (Wildman–Crippen LogP) is -0.815. The molecule has 1 atom stereocenters. The highest BCUT2D eigenvalue weighted by Crippen LogP contribution is 2.01. The molecule has 0 rings (SSSR count). The SMILES string of the molecule is NCCCCOCCCCCNCC(O)COCCC[Si](O)(O)O. The predicted molar refractivity (Wildman–Crippen MR) is 94.5 cm³/mol. The third-order valence-corrected chi connectivity index (χ3v) is 4.40. The number of nitrogens with one attached hydrogen (secondary N) is 1. The molecule has 0 spiro atoms. The van der Waals surface area contributed by atoms with Gasteiger partial charge in [-0.2, -0.15) is 0 Å². The summed E-state index contributed by atoms with van der Waals surface area (Å²) in [7, 11) is -3.95. The molecule has 0 heterocycles. The van der Waals surface area contributed by atoms with Gasteiger partial charge in [0.1, 0.15) is 0 Å². The minimum atomic E-state index is -3.95. The maximum Gasteiger partial charge on any atom is 0.492 e. The Labute approximate surface area is 146 Å². The quantitative estimate of drug-likeness (QED) is 0.136. The maximum absolute atomic E-state index is 9.70. The molecular formula is C15H36N2O6Si. The van der Waals surface area contributed by atoms with Gasteiger partial charge in [-0.05, 0) is 51.6 Å². The molecule has 0 radical (unpaired) electrons. The topological polar surface area (TPSA) is 137 Å². The lowest BCUT2D eigenvalue weighted by Gasteiger charge is -2.13. The van der Waals surface area contributed by atoms with Crippen LogP contribution in [0.4, 0.5) is 0 Å². The molecule has 0 fully saturated rings. The summed E-state index contributed by atoms with van der Waals surface area (Å²) < 4.78 is 10.7. The number of rotatable bonds is 18.